The molecule has 1 aromatic carbocycles. The Kier molecular flexibility index (Phi) is 3.47. The molecule has 0 atom stereocenters. The number of halogens is 2. The Bertz CT molecular complexity index is 363. The van der Waals surface area contributed by atoms with Crippen LogP contribution in [0.3, 0.4) is 0 Å². The van der Waals surface area contributed by atoms with E-state index in [9.17, 15) is 9.18 Å². The average Bonchev–Trinajstić information content (AvgIpc) is 2.19. The maximum atomic E-state index is 13.3. The molecule has 0 aromatic heterocycles. The third kappa shape index (κ3) is 2.04. The lowest BCUT2D eigenvalue weighted by atomic mass is 10.1. The number of alkyl halides is 1. The fraction of sp³-hybridized carbons (Fsp3) is 0.300. The van der Waals surface area contributed by atoms with Crippen LogP contribution in [0, 0.1) is 12.7 Å². The highest BCUT2D eigenvalue weighted by Gasteiger charge is 2.13. The van der Waals surface area contributed by atoms with E-state index in [2.05, 4.69) is 4.74 Å². The molecule has 0 saturated heterocycles. The maximum absolute atomic E-state index is 13.3. The number of benzene rings is 1. The summed E-state index contributed by atoms with van der Waals surface area (Å²) in [6.07, 6.45) is 0. The summed E-state index contributed by atoms with van der Waals surface area (Å²) in [6, 6.07) is 2.70. The lowest BCUT2D eigenvalue weighted by molar-refractivity contribution is 0.0595. The summed E-state index contributed by atoms with van der Waals surface area (Å²) < 4.78 is 17.7. The molecule has 0 spiro atoms. The van der Waals surface area contributed by atoms with Gasteiger partial charge in [0, 0.05) is 5.88 Å². The van der Waals surface area contributed by atoms with Gasteiger partial charge in [0.2, 0.25) is 0 Å². The van der Waals surface area contributed by atoms with E-state index in [0.717, 1.165) is 5.56 Å². The molecule has 0 heterocycles. The minimum atomic E-state index is -0.674. The molecule has 76 valence electrons. The summed E-state index contributed by atoms with van der Waals surface area (Å²) >= 11 is 5.59. The third-order valence-corrected chi connectivity index (χ3v) is 2.26. The molecule has 0 aliphatic rings. The molecule has 0 radical (unpaired) electrons. The van der Waals surface area contributed by atoms with Crippen LogP contribution in [-0.2, 0) is 10.6 Å². The van der Waals surface area contributed by atoms with Crippen molar-refractivity contribution in [3.05, 3.63) is 34.6 Å². The van der Waals surface area contributed by atoms with E-state index in [1.807, 2.05) is 0 Å². The van der Waals surface area contributed by atoms with Crippen LogP contribution >= 0.6 is 11.6 Å². The van der Waals surface area contributed by atoms with Crippen molar-refractivity contribution in [1.82, 2.24) is 0 Å². The number of methoxy groups -OCH3 is 1. The first-order chi connectivity index (χ1) is 6.60. The number of hydrogen-bond acceptors (Lipinski definition) is 2. The van der Waals surface area contributed by atoms with E-state index >= 15 is 0 Å². The zero-order valence-corrected chi connectivity index (χ0v) is 8.69. The minimum absolute atomic E-state index is 0.0566. The van der Waals surface area contributed by atoms with Gasteiger partial charge >= 0.3 is 5.97 Å². The summed E-state index contributed by atoms with van der Waals surface area (Å²) in [7, 11) is 1.21. The van der Waals surface area contributed by atoms with E-state index in [4.69, 9.17) is 11.6 Å². The fourth-order valence-corrected chi connectivity index (χ4v) is 1.42. The first-order valence-corrected chi connectivity index (χ1v) is 4.57. The summed E-state index contributed by atoms with van der Waals surface area (Å²) in [4.78, 5) is 11.1. The molecule has 0 aliphatic heterocycles. The SMILES string of the molecule is COC(=O)c1cc(C)c(CCl)cc1F. The largest absolute Gasteiger partial charge is 0.465 e. The van der Waals surface area contributed by atoms with Gasteiger partial charge in [0.25, 0.3) is 0 Å². The predicted octanol–water partition coefficient (Wildman–Crippen LogP) is 2.66. The second-order valence-corrected chi connectivity index (χ2v) is 3.15. The molecule has 0 aliphatic carbocycles. The van der Waals surface area contributed by atoms with Crippen molar-refractivity contribution in [3.63, 3.8) is 0 Å². The third-order valence-electron chi connectivity index (χ3n) is 1.97. The van der Waals surface area contributed by atoms with E-state index in [1.54, 1.807) is 6.92 Å². The van der Waals surface area contributed by atoms with Crippen LogP contribution in [0.4, 0.5) is 4.39 Å². The first-order valence-electron chi connectivity index (χ1n) is 4.03. The zero-order chi connectivity index (χ0) is 10.7. The number of rotatable bonds is 2. The van der Waals surface area contributed by atoms with Crippen molar-refractivity contribution in [2.75, 3.05) is 7.11 Å². The molecule has 0 N–H and O–H groups in total. The van der Waals surface area contributed by atoms with Crippen LogP contribution < -0.4 is 0 Å². The van der Waals surface area contributed by atoms with Crippen LogP contribution in [0.2, 0.25) is 0 Å². The van der Waals surface area contributed by atoms with Gasteiger partial charge in [-0.25, -0.2) is 9.18 Å². The van der Waals surface area contributed by atoms with Gasteiger partial charge in [-0.3, -0.25) is 0 Å². The normalized spacial score (nSPS) is 10.0. The highest BCUT2D eigenvalue weighted by Crippen LogP contribution is 2.17. The zero-order valence-electron chi connectivity index (χ0n) is 7.93. The van der Waals surface area contributed by atoms with E-state index in [0.29, 0.717) is 5.56 Å². The molecule has 2 nitrogen and oxygen atoms in total. The Hall–Kier alpha value is -1.09. The van der Waals surface area contributed by atoms with Crippen molar-refractivity contribution >= 4 is 17.6 Å². The Morgan fingerprint density at radius 3 is 2.71 bits per heavy atom. The van der Waals surface area contributed by atoms with Crippen LogP contribution in [0.1, 0.15) is 21.5 Å². The second-order valence-electron chi connectivity index (χ2n) is 2.88. The maximum Gasteiger partial charge on any atom is 0.340 e. The van der Waals surface area contributed by atoms with Gasteiger partial charge < -0.3 is 4.74 Å². The number of aryl methyl sites for hydroxylation is 1. The molecule has 0 bridgehead atoms. The lowest BCUT2D eigenvalue weighted by Gasteiger charge is -2.06. The van der Waals surface area contributed by atoms with Crippen molar-refractivity contribution in [1.29, 1.82) is 0 Å². The van der Waals surface area contributed by atoms with Crippen LogP contribution in [0.5, 0.6) is 0 Å². The first kappa shape index (κ1) is 11.0. The Balaban J connectivity index is 3.21. The predicted molar refractivity (Wildman–Crippen MR) is 52.0 cm³/mol. The van der Waals surface area contributed by atoms with E-state index in [1.165, 1.54) is 19.2 Å². The quantitative estimate of drug-likeness (QED) is 0.561. The number of ether oxygens (including phenoxy) is 1. The number of carbonyl (C=O) groups is 1. The van der Waals surface area contributed by atoms with Gasteiger partial charge in [-0.2, -0.15) is 0 Å². The second kappa shape index (κ2) is 4.42. The summed E-state index contributed by atoms with van der Waals surface area (Å²) in [5.74, 6) is -1.05. The molecule has 0 saturated carbocycles. The van der Waals surface area contributed by atoms with Crippen molar-refractivity contribution in [2.45, 2.75) is 12.8 Å². The van der Waals surface area contributed by atoms with Gasteiger partial charge in [0.05, 0.1) is 12.7 Å². The molecular weight excluding hydrogens is 207 g/mol. The van der Waals surface area contributed by atoms with Crippen LogP contribution in [0.25, 0.3) is 0 Å². The molecule has 4 heteroatoms. The minimum Gasteiger partial charge on any atom is -0.465 e. The average molecular weight is 217 g/mol. The summed E-state index contributed by atoms with van der Waals surface area (Å²) in [5, 5.41) is 0. The lowest BCUT2D eigenvalue weighted by Crippen LogP contribution is -2.06. The Labute approximate surface area is 86.6 Å². The molecule has 0 amide bonds. The monoisotopic (exact) mass is 216 g/mol. The summed E-state index contributed by atoms with van der Waals surface area (Å²) in [5.41, 5.74) is 1.40. The number of esters is 1. The van der Waals surface area contributed by atoms with Crippen LogP contribution in [0.15, 0.2) is 12.1 Å². The molecule has 0 unspecified atom stereocenters. The van der Waals surface area contributed by atoms with Gasteiger partial charge in [-0.1, -0.05) is 0 Å². The standard InChI is InChI=1S/C10H10ClFO2/c1-6-3-8(10(13)14-2)9(12)4-7(6)5-11/h3-4H,5H2,1-2H3. The van der Waals surface area contributed by atoms with E-state index in [-0.39, 0.29) is 11.4 Å². The van der Waals surface area contributed by atoms with Crippen molar-refractivity contribution in [3.8, 4) is 0 Å². The van der Waals surface area contributed by atoms with Crippen LogP contribution in [-0.4, -0.2) is 13.1 Å². The summed E-state index contributed by atoms with van der Waals surface area (Å²) in [6.45, 7) is 1.77. The van der Waals surface area contributed by atoms with Gasteiger partial charge in [-0.05, 0) is 30.2 Å². The molecule has 1 aromatic rings. The molecule has 14 heavy (non-hydrogen) atoms. The van der Waals surface area contributed by atoms with Gasteiger partial charge in [0.15, 0.2) is 0 Å². The van der Waals surface area contributed by atoms with E-state index < -0.39 is 11.8 Å². The Morgan fingerprint density at radius 1 is 1.57 bits per heavy atom. The van der Waals surface area contributed by atoms with Crippen molar-refractivity contribution < 1.29 is 13.9 Å². The van der Waals surface area contributed by atoms with Crippen molar-refractivity contribution in [2.24, 2.45) is 0 Å². The highest BCUT2D eigenvalue weighted by molar-refractivity contribution is 6.17. The number of carbonyl (C=O) groups excluding carboxylic acids is 1. The molecule has 1 rings (SSSR count). The van der Waals surface area contributed by atoms with Gasteiger partial charge in [-0.15, -0.1) is 11.6 Å². The smallest absolute Gasteiger partial charge is 0.340 e. The molecular formula is C10H10ClFO2. The fourth-order valence-electron chi connectivity index (χ4n) is 1.13. The van der Waals surface area contributed by atoms with Gasteiger partial charge in [0.1, 0.15) is 5.82 Å². The highest BCUT2D eigenvalue weighted by atomic mass is 35.5. The molecule has 0 fully saturated rings. The topological polar surface area (TPSA) is 26.3 Å². The number of hydrogen-bond donors (Lipinski definition) is 0. The Morgan fingerprint density at radius 2 is 2.21 bits per heavy atom.